The maximum Gasteiger partial charge on any atom is 0.332 e. The first-order valence-corrected chi connectivity index (χ1v) is 13.0. The third-order valence-electron chi connectivity index (χ3n) is 5.70. The van der Waals surface area contributed by atoms with Gasteiger partial charge in [-0.1, -0.05) is 6.07 Å². The van der Waals surface area contributed by atoms with Crippen molar-refractivity contribution in [3.05, 3.63) is 44.6 Å². The molecule has 33 heavy (non-hydrogen) atoms. The summed E-state index contributed by atoms with van der Waals surface area (Å²) < 4.78 is 34.4. The van der Waals surface area contributed by atoms with E-state index in [4.69, 9.17) is 4.74 Å². The van der Waals surface area contributed by atoms with E-state index >= 15 is 0 Å². The summed E-state index contributed by atoms with van der Waals surface area (Å²) in [6.07, 6.45) is 1.86. The van der Waals surface area contributed by atoms with Gasteiger partial charge in [0, 0.05) is 57.8 Å². The first-order valence-electron chi connectivity index (χ1n) is 10.7. The SMILES string of the molecule is Cc1ccc(OCCCN2CCN(c3cc(=O)n(C)c(=O)n3C)CC2)c(NS(C)(=O)=O)c1S. The van der Waals surface area contributed by atoms with Crippen LogP contribution < -0.4 is 25.6 Å². The number of piperazine rings is 1. The molecular weight excluding hydrogens is 466 g/mol. The van der Waals surface area contributed by atoms with Crippen molar-refractivity contribution in [3.8, 4) is 5.75 Å². The van der Waals surface area contributed by atoms with E-state index in [0.29, 0.717) is 41.8 Å². The lowest BCUT2D eigenvalue weighted by atomic mass is 10.2. The molecule has 2 aromatic rings. The third kappa shape index (κ3) is 6.12. The number of aryl methyl sites for hydroxylation is 1. The molecule has 1 aliphatic heterocycles. The van der Waals surface area contributed by atoms with Gasteiger partial charge in [0.1, 0.15) is 17.3 Å². The number of hydrogen-bond donors (Lipinski definition) is 2. The van der Waals surface area contributed by atoms with Crippen LogP contribution in [0.2, 0.25) is 0 Å². The molecule has 1 aliphatic rings. The molecule has 0 radical (unpaired) electrons. The highest BCUT2D eigenvalue weighted by atomic mass is 32.2. The second-order valence-corrected chi connectivity index (χ2v) is 10.4. The highest BCUT2D eigenvalue weighted by Crippen LogP contribution is 2.34. The Morgan fingerprint density at radius 1 is 1.09 bits per heavy atom. The zero-order valence-corrected chi connectivity index (χ0v) is 21.1. The topological polar surface area (TPSA) is 106 Å². The Balaban J connectivity index is 1.53. The minimum absolute atomic E-state index is 0.308. The molecule has 0 atom stereocenters. The molecule has 0 unspecified atom stereocenters. The van der Waals surface area contributed by atoms with E-state index in [1.54, 1.807) is 13.1 Å². The van der Waals surface area contributed by atoms with Crippen LogP contribution in [0.25, 0.3) is 0 Å². The fraction of sp³-hybridized carbons (Fsp3) is 0.524. The van der Waals surface area contributed by atoms with Gasteiger partial charge < -0.3 is 9.64 Å². The Labute approximate surface area is 199 Å². The van der Waals surface area contributed by atoms with Crippen LogP contribution >= 0.6 is 12.6 Å². The predicted molar refractivity (Wildman–Crippen MR) is 133 cm³/mol. The minimum Gasteiger partial charge on any atom is -0.491 e. The fourth-order valence-electron chi connectivity index (χ4n) is 3.78. The largest absolute Gasteiger partial charge is 0.491 e. The van der Waals surface area contributed by atoms with Gasteiger partial charge in [-0.2, -0.15) is 0 Å². The van der Waals surface area contributed by atoms with Crippen molar-refractivity contribution in [2.24, 2.45) is 14.1 Å². The lowest BCUT2D eigenvalue weighted by Crippen LogP contribution is -2.49. The number of thiol groups is 1. The number of ether oxygens (including phenoxy) is 1. The van der Waals surface area contributed by atoms with Crippen LogP contribution in [-0.4, -0.2) is 68.0 Å². The number of aromatic nitrogens is 2. The summed E-state index contributed by atoms with van der Waals surface area (Å²) in [6.45, 7) is 6.13. The first kappa shape index (κ1) is 25.2. The van der Waals surface area contributed by atoms with Crippen molar-refractivity contribution in [3.63, 3.8) is 0 Å². The molecule has 3 rings (SSSR count). The number of rotatable bonds is 8. The summed E-state index contributed by atoms with van der Waals surface area (Å²) in [5.74, 6) is 1.09. The molecule has 1 saturated heterocycles. The minimum atomic E-state index is -3.46. The van der Waals surface area contributed by atoms with Gasteiger partial charge in [0.25, 0.3) is 5.56 Å². The predicted octanol–water partition coefficient (Wildman–Crippen LogP) is 0.644. The summed E-state index contributed by atoms with van der Waals surface area (Å²) in [6, 6.07) is 5.09. The molecule has 12 heteroatoms. The summed E-state index contributed by atoms with van der Waals surface area (Å²) in [5.41, 5.74) is 0.567. The standard InChI is InChI=1S/C21H31N5O5S2/c1-15-6-7-16(19(20(15)32)22-33(4,29)30)31-13-5-8-25-9-11-26(12-10-25)17-14-18(27)24(3)21(28)23(17)2/h6-7,14,22,32H,5,8-13H2,1-4H3. The Hall–Kier alpha value is -2.44. The summed E-state index contributed by atoms with van der Waals surface area (Å²) in [5, 5.41) is 0. The van der Waals surface area contributed by atoms with Gasteiger partial charge in [-0.25, -0.2) is 13.2 Å². The number of anilines is 2. The van der Waals surface area contributed by atoms with Crippen molar-refractivity contribution in [2.45, 2.75) is 18.2 Å². The lowest BCUT2D eigenvalue weighted by Gasteiger charge is -2.36. The molecule has 0 spiro atoms. The van der Waals surface area contributed by atoms with E-state index in [1.165, 1.54) is 17.7 Å². The van der Waals surface area contributed by atoms with E-state index in [2.05, 4.69) is 27.2 Å². The molecule has 1 fully saturated rings. The Kier molecular flexibility index (Phi) is 7.80. The molecule has 10 nitrogen and oxygen atoms in total. The highest BCUT2D eigenvalue weighted by molar-refractivity contribution is 7.92. The normalized spacial score (nSPS) is 15.0. The number of nitrogens with zero attached hydrogens (tertiary/aromatic N) is 4. The zero-order valence-electron chi connectivity index (χ0n) is 19.4. The Bertz CT molecular complexity index is 1230. The molecule has 1 aromatic carbocycles. The maximum atomic E-state index is 12.2. The van der Waals surface area contributed by atoms with Gasteiger partial charge in [0.05, 0.1) is 12.9 Å². The molecule has 2 heterocycles. The second kappa shape index (κ2) is 10.2. The summed E-state index contributed by atoms with van der Waals surface area (Å²) in [4.78, 5) is 29.1. The van der Waals surface area contributed by atoms with Crippen molar-refractivity contribution in [1.82, 2.24) is 14.0 Å². The summed E-state index contributed by atoms with van der Waals surface area (Å²) in [7, 11) is -0.310. The van der Waals surface area contributed by atoms with Crippen molar-refractivity contribution in [2.75, 3.05) is 55.2 Å². The van der Waals surface area contributed by atoms with Gasteiger partial charge >= 0.3 is 5.69 Å². The van der Waals surface area contributed by atoms with Crippen LogP contribution in [0.5, 0.6) is 5.75 Å². The van der Waals surface area contributed by atoms with Gasteiger partial charge in [-0.15, -0.1) is 12.6 Å². The molecule has 1 N–H and O–H groups in total. The quantitative estimate of drug-likeness (QED) is 0.407. The van der Waals surface area contributed by atoms with Gasteiger partial charge in [-0.05, 0) is 25.0 Å². The van der Waals surface area contributed by atoms with Gasteiger partial charge in [-0.3, -0.25) is 23.6 Å². The molecular formula is C21H31N5O5S2. The van der Waals surface area contributed by atoms with E-state index in [-0.39, 0.29) is 11.2 Å². The average Bonchev–Trinajstić information content (AvgIpc) is 2.76. The third-order valence-corrected chi connectivity index (χ3v) is 6.85. The lowest BCUT2D eigenvalue weighted by molar-refractivity contribution is 0.224. The fourth-order valence-corrected chi connectivity index (χ4v) is 4.67. The van der Waals surface area contributed by atoms with E-state index in [9.17, 15) is 18.0 Å². The molecule has 0 bridgehead atoms. The molecule has 182 valence electrons. The van der Waals surface area contributed by atoms with E-state index < -0.39 is 10.0 Å². The van der Waals surface area contributed by atoms with Gasteiger partial charge in [0.2, 0.25) is 10.0 Å². The molecule has 0 amide bonds. The zero-order chi connectivity index (χ0) is 24.3. The Morgan fingerprint density at radius 2 is 1.76 bits per heavy atom. The number of sulfonamides is 1. The number of benzene rings is 1. The van der Waals surface area contributed by atoms with Crippen LogP contribution in [0, 0.1) is 6.92 Å². The van der Waals surface area contributed by atoms with Crippen LogP contribution in [0.3, 0.4) is 0 Å². The monoisotopic (exact) mass is 497 g/mol. The smallest absolute Gasteiger partial charge is 0.332 e. The van der Waals surface area contributed by atoms with Crippen molar-refractivity contribution < 1.29 is 13.2 Å². The van der Waals surface area contributed by atoms with Crippen LogP contribution in [-0.2, 0) is 24.1 Å². The summed E-state index contributed by atoms with van der Waals surface area (Å²) >= 11 is 4.42. The Morgan fingerprint density at radius 3 is 2.39 bits per heavy atom. The van der Waals surface area contributed by atoms with E-state index in [1.807, 2.05) is 13.0 Å². The van der Waals surface area contributed by atoms with E-state index in [0.717, 1.165) is 42.4 Å². The van der Waals surface area contributed by atoms with Crippen LogP contribution in [0.15, 0.2) is 32.7 Å². The number of hydrogen-bond acceptors (Lipinski definition) is 8. The molecule has 1 aromatic heterocycles. The van der Waals surface area contributed by atoms with Crippen LogP contribution in [0.1, 0.15) is 12.0 Å². The maximum absolute atomic E-state index is 12.2. The van der Waals surface area contributed by atoms with Gasteiger partial charge in [0.15, 0.2) is 0 Å². The molecule has 0 aliphatic carbocycles. The number of nitrogens with one attached hydrogen (secondary N) is 1. The van der Waals surface area contributed by atoms with Crippen LogP contribution in [0.4, 0.5) is 11.5 Å². The first-order chi connectivity index (χ1) is 15.5. The van der Waals surface area contributed by atoms with Crippen molar-refractivity contribution in [1.29, 1.82) is 0 Å². The molecule has 0 saturated carbocycles. The highest BCUT2D eigenvalue weighted by Gasteiger charge is 2.20. The second-order valence-electron chi connectivity index (χ2n) is 8.25. The van der Waals surface area contributed by atoms with Crippen molar-refractivity contribution >= 4 is 34.2 Å². The average molecular weight is 498 g/mol.